The second-order valence-electron chi connectivity index (χ2n) is 4.65. The Hall–Kier alpha value is -1.75. The van der Waals surface area contributed by atoms with Crippen molar-refractivity contribution in [1.82, 2.24) is 0 Å². The first-order valence-electron chi connectivity index (χ1n) is 5.44. The smallest absolute Gasteiger partial charge is 0.248 e. The quantitative estimate of drug-likeness (QED) is 0.572. The highest BCUT2D eigenvalue weighted by Gasteiger charge is 2.18. The van der Waals surface area contributed by atoms with Crippen molar-refractivity contribution in [3.63, 3.8) is 0 Å². The van der Waals surface area contributed by atoms with Crippen molar-refractivity contribution in [3.8, 4) is 0 Å². The minimum Gasteiger partial charge on any atom is -0.397 e. The molecule has 0 spiro atoms. The largest absolute Gasteiger partial charge is 0.397 e. The second kappa shape index (κ2) is 5.05. The summed E-state index contributed by atoms with van der Waals surface area (Å²) in [6, 6.07) is 4.84. The van der Waals surface area contributed by atoms with Crippen LogP contribution in [-0.4, -0.2) is 23.2 Å². The van der Waals surface area contributed by atoms with Gasteiger partial charge in [-0.05, 0) is 38.5 Å². The summed E-state index contributed by atoms with van der Waals surface area (Å²) >= 11 is 0. The van der Waals surface area contributed by atoms with E-state index < -0.39 is 5.91 Å². The van der Waals surface area contributed by atoms with Crippen LogP contribution in [0.3, 0.4) is 0 Å². The average Bonchev–Trinajstić information content (AvgIpc) is 2.20. The van der Waals surface area contributed by atoms with Gasteiger partial charge in [0.1, 0.15) is 0 Å². The Labute approximate surface area is 101 Å². The normalized spacial score (nSPS) is 11.2. The van der Waals surface area contributed by atoms with Crippen molar-refractivity contribution in [2.75, 3.05) is 17.7 Å². The molecule has 0 heterocycles. The number of carbonyl (C=O) groups excluding carboxylic acids is 1. The Morgan fingerprint density at radius 1 is 1.47 bits per heavy atom. The molecular weight excluding hydrogens is 218 g/mol. The number of nitrogens with two attached hydrogens (primary N) is 2. The first kappa shape index (κ1) is 13.3. The Morgan fingerprint density at radius 3 is 2.65 bits per heavy atom. The van der Waals surface area contributed by atoms with Gasteiger partial charge in [-0.2, -0.15) is 0 Å². The highest BCUT2D eigenvalue weighted by atomic mass is 16.3. The fourth-order valence-electron chi connectivity index (χ4n) is 1.52. The summed E-state index contributed by atoms with van der Waals surface area (Å²) < 4.78 is 0. The lowest BCUT2D eigenvalue weighted by Gasteiger charge is -2.27. The van der Waals surface area contributed by atoms with Crippen molar-refractivity contribution in [1.29, 1.82) is 0 Å². The van der Waals surface area contributed by atoms with Crippen LogP contribution in [0.15, 0.2) is 18.2 Å². The van der Waals surface area contributed by atoms with E-state index in [1.807, 2.05) is 13.8 Å². The average molecular weight is 237 g/mol. The Kier molecular flexibility index (Phi) is 3.96. The highest BCUT2D eigenvalue weighted by Crippen LogP contribution is 2.25. The van der Waals surface area contributed by atoms with Crippen LogP contribution in [0.1, 0.15) is 30.6 Å². The third-order valence-electron chi connectivity index (χ3n) is 2.55. The summed E-state index contributed by atoms with van der Waals surface area (Å²) in [5.74, 6) is -0.493. The summed E-state index contributed by atoms with van der Waals surface area (Å²) in [5, 5.41) is 12.1. The number of amides is 1. The van der Waals surface area contributed by atoms with E-state index in [0.717, 1.165) is 0 Å². The first-order chi connectivity index (χ1) is 7.85. The summed E-state index contributed by atoms with van der Waals surface area (Å²) in [5.41, 5.74) is 12.3. The number of aliphatic hydroxyl groups excluding tert-OH is 1. The maximum atomic E-state index is 11.1. The molecule has 0 fully saturated rings. The molecule has 5 nitrogen and oxygen atoms in total. The van der Waals surface area contributed by atoms with Crippen molar-refractivity contribution in [3.05, 3.63) is 23.8 Å². The molecule has 0 atom stereocenters. The molecule has 0 unspecified atom stereocenters. The molecule has 94 valence electrons. The monoisotopic (exact) mass is 237 g/mol. The van der Waals surface area contributed by atoms with Gasteiger partial charge in [0, 0.05) is 17.7 Å². The van der Waals surface area contributed by atoms with Crippen LogP contribution in [0, 0.1) is 0 Å². The van der Waals surface area contributed by atoms with Crippen LogP contribution in [0.2, 0.25) is 0 Å². The fourth-order valence-corrected chi connectivity index (χ4v) is 1.52. The molecule has 1 amide bonds. The van der Waals surface area contributed by atoms with E-state index in [2.05, 4.69) is 5.32 Å². The topological polar surface area (TPSA) is 101 Å². The SMILES string of the molecule is CC(C)(CCO)Nc1cc(C(N)=O)ccc1N. The summed E-state index contributed by atoms with van der Waals surface area (Å²) in [4.78, 5) is 11.1. The Bertz CT molecular complexity index is 416. The molecule has 0 radical (unpaired) electrons. The summed E-state index contributed by atoms with van der Waals surface area (Å²) in [6.07, 6.45) is 0.577. The molecular formula is C12H19N3O2. The lowest BCUT2D eigenvalue weighted by atomic mass is 10.00. The zero-order chi connectivity index (χ0) is 13.1. The molecule has 0 aliphatic rings. The molecule has 1 rings (SSSR count). The molecule has 0 saturated heterocycles. The molecule has 17 heavy (non-hydrogen) atoms. The van der Waals surface area contributed by atoms with Crippen molar-refractivity contribution in [2.24, 2.45) is 5.73 Å². The molecule has 0 saturated carbocycles. The van der Waals surface area contributed by atoms with Gasteiger partial charge in [0.05, 0.1) is 11.4 Å². The van der Waals surface area contributed by atoms with Crippen LogP contribution in [0.25, 0.3) is 0 Å². The summed E-state index contributed by atoms with van der Waals surface area (Å²) in [6.45, 7) is 3.97. The number of anilines is 2. The number of nitrogens with one attached hydrogen (secondary N) is 1. The number of aliphatic hydroxyl groups is 1. The predicted molar refractivity (Wildman–Crippen MR) is 68.8 cm³/mol. The number of nitrogen functional groups attached to an aromatic ring is 1. The van der Waals surface area contributed by atoms with E-state index in [0.29, 0.717) is 23.4 Å². The number of hydrogen-bond donors (Lipinski definition) is 4. The summed E-state index contributed by atoms with van der Waals surface area (Å²) in [7, 11) is 0. The zero-order valence-electron chi connectivity index (χ0n) is 10.2. The van der Waals surface area contributed by atoms with Crippen molar-refractivity contribution in [2.45, 2.75) is 25.8 Å². The third-order valence-corrected chi connectivity index (χ3v) is 2.55. The predicted octanol–water partition coefficient (Wildman–Crippen LogP) is 0.941. The lowest BCUT2D eigenvalue weighted by molar-refractivity contribution is 0.100. The van der Waals surface area contributed by atoms with Gasteiger partial charge in [0.25, 0.3) is 0 Å². The standard InChI is InChI=1S/C12H19N3O2/c1-12(2,5-6-16)15-10-7-8(11(14)17)3-4-9(10)13/h3-4,7,15-16H,5-6,13H2,1-2H3,(H2,14,17). The van der Waals surface area contributed by atoms with Gasteiger partial charge in [-0.25, -0.2) is 0 Å². The van der Waals surface area contributed by atoms with Crippen molar-refractivity contribution < 1.29 is 9.90 Å². The molecule has 5 heteroatoms. The number of carbonyl (C=O) groups is 1. The van der Waals surface area contributed by atoms with Gasteiger partial charge in [-0.1, -0.05) is 0 Å². The fraction of sp³-hybridized carbons (Fsp3) is 0.417. The van der Waals surface area contributed by atoms with Crippen LogP contribution in [0.4, 0.5) is 11.4 Å². The molecule has 1 aromatic carbocycles. The minimum atomic E-state index is -0.493. The van der Waals surface area contributed by atoms with Gasteiger partial charge in [0.2, 0.25) is 5.91 Å². The lowest BCUT2D eigenvalue weighted by Crippen LogP contribution is -2.32. The molecule has 6 N–H and O–H groups in total. The molecule has 0 aliphatic carbocycles. The Morgan fingerprint density at radius 2 is 2.12 bits per heavy atom. The van der Waals surface area contributed by atoms with Gasteiger partial charge in [0.15, 0.2) is 0 Å². The van der Waals surface area contributed by atoms with E-state index in [1.54, 1.807) is 18.2 Å². The number of benzene rings is 1. The van der Waals surface area contributed by atoms with Crippen LogP contribution in [-0.2, 0) is 0 Å². The number of primary amides is 1. The highest BCUT2D eigenvalue weighted by molar-refractivity contribution is 5.95. The van der Waals surface area contributed by atoms with Gasteiger partial charge >= 0.3 is 0 Å². The van der Waals surface area contributed by atoms with E-state index in [9.17, 15) is 4.79 Å². The van der Waals surface area contributed by atoms with Gasteiger partial charge < -0.3 is 21.9 Å². The maximum Gasteiger partial charge on any atom is 0.248 e. The van der Waals surface area contributed by atoms with Crippen molar-refractivity contribution >= 4 is 17.3 Å². The van der Waals surface area contributed by atoms with Crippen LogP contribution >= 0.6 is 0 Å². The van der Waals surface area contributed by atoms with E-state index >= 15 is 0 Å². The van der Waals surface area contributed by atoms with Crippen LogP contribution in [0.5, 0.6) is 0 Å². The number of hydrogen-bond acceptors (Lipinski definition) is 4. The van der Waals surface area contributed by atoms with E-state index in [-0.39, 0.29) is 12.1 Å². The Balaban J connectivity index is 2.97. The molecule has 0 aliphatic heterocycles. The molecule has 0 aromatic heterocycles. The van der Waals surface area contributed by atoms with Crippen LogP contribution < -0.4 is 16.8 Å². The molecule has 0 bridgehead atoms. The maximum absolute atomic E-state index is 11.1. The van der Waals surface area contributed by atoms with E-state index in [4.69, 9.17) is 16.6 Å². The van der Waals surface area contributed by atoms with Gasteiger partial charge in [-0.3, -0.25) is 4.79 Å². The number of rotatable bonds is 5. The first-order valence-corrected chi connectivity index (χ1v) is 5.44. The minimum absolute atomic E-state index is 0.0788. The third kappa shape index (κ3) is 3.64. The van der Waals surface area contributed by atoms with Gasteiger partial charge in [-0.15, -0.1) is 0 Å². The molecule has 1 aromatic rings. The zero-order valence-corrected chi connectivity index (χ0v) is 10.2. The van der Waals surface area contributed by atoms with E-state index in [1.165, 1.54) is 0 Å². The second-order valence-corrected chi connectivity index (χ2v) is 4.65.